The highest BCUT2D eigenvalue weighted by atomic mass is 32.1. The quantitative estimate of drug-likeness (QED) is 0.629. The molecule has 0 saturated carbocycles. The normalized spacial score (nSPS) is 10.2. The van der Waals surface area contributed by atoms with Crippen LogP contribution in [0.2, 0.25) is 0 Å². The van der Waals surface area contributed by atoms with Crippen LogP contribution in [0.4, 0.5) is 0 Å². The van der Waals surface area contributed by atoms with E-state index in [0.29, 0.717) is 0 Å². The molecule has 2 heterocycles. The Bertz CT molecular complexity index is 462. The Morgan fingerprint density at radius 1 is 1.38 bits per heavy atom. The van der Waals surface area contributed by atoms with Crippen LogP contribution in [0.5, 0.6) is 0 Å². The van der Waals surface area contributed by atoms with E-state index in [2.05, 4.69) is 40.2 Å². The van der Waals surface area contributed by atoms with E-state index in [4.69, 9.17) is 6.42 Å². The van der Waals surface area contributed by atoms with Gasteiger partial charge in [0.1, 0.15) is 0 Å². The van der Waals surface area contributed by atoms with Crippen molar-refractivity contribution < 1.29 is 0 Å². The summed E-state index contributed by atoms with van der Waals surface area (Å²) in [7, 11) is 0. The molecule has 1 N–H and O–H groups in total. The SMILES string of the molecule is C#CCCNCc1cc(-c2cccs2)cs1. The fourth-order valence-electron chi connectivity index (χ4n) is 1.42. The zero-order chi connectivity index (χ0) is 11.2. The molecule has 2 rings (SSSR count). The van der Waals surface area contributed by atoms with Crippen LogP contribution < -0.4 is 5.32 Å². The average molecular weight is 247 g/mol. The van der Waals surface area contributed by atoms with E-state index in [1.165, 1.54) is 15.3 Å². The minimum absolute atomic E-state index is 0.795. The number of nitrogens with one attached hydrogen (secondary N) is 1. The molecule has 0 aromatic carbocycles. The Morgan fingerprint density at radius 2 is 2.31 bits per heavy atom. The van der Waals surface area contributed by atoms with Crippen molar-refractivity contribution >= 4 is 22.7 Å². The lowest BCUT2D eigenvalue weighted by atomic mass is 10.2. The maximum atomic E-state index is 5.19. The standard InChI is InChI=1S/C13H13NS2/c1-2-3-6-14-9-12-8-11(10-16-12)13-5-4-7-15-13/h1,4-5,7-8,10,14H,3,6,9H2. The lowest BCUT2D eigenvalue weighted by Crippen LogP contribution is -2.12. The summed E-state index contributed by atoms with van der Waals surface area (Å²) in [5.41, 5.74) is 1.33. The average Bonchev–Trinajstić information content (AvgIpc) is 2.94. The van der Waals surface area contributed by atoms with Gasteiger partial charge in [-0.2, -0.15) is 0 Å². The van der Waals surface area contributed by atoms with Crippen LogP contribution in [0.3, 0.4) is 0 Å². The molecule has 0 spiro atoms. The van der Waals surface area contributed by atoms with E-state index in [-0.39, 0.29) is 0 Å². The molecule has 0 amide bonds. The molecule has 2 aromatic rings. The van der Waals surface area contributed by atoms with Crippen LogP contribution >= 0.6 is 22.7 Å². The second-order valence-electron chi connectivity index (χ2n) is 3.41. The molecular formula is C13H13NS2. The molecule has 0 atom stereocenters. The Labute approximate surface area is 104 Å². The van der Waals surface area contributed by atoms with Crippen LogP contribution in [-0.2, 0) is 6.54 Å². The third-order valence-corrected chi connectivity index (χ3v) is 4.06. The molecule has 16 heavy (non-hydrogen) atoms. The topological polar surface area (TPSA) is 12.0 Å². The van der Waals surface area contributed by atoms with Crippen molar-refractivity contribution in [1.29, 1.82) is 0 Å². The molecule has 3 heteroatoms. The van der Waals surface area contributed by atoms with E-state index < -0.39 is 0 Å². The molecular weight excluding hydrogens is 234 g/mol. The summed E-state index contributed by atoms with van der Waals surface area (Å²) < 4.78 is 0. The fourth-order valence-corrected chi connectivity index (χ4v) is 3.06. The Morgan fingerprint density at radius 3 is 3.06 bits per heavy atom. The van der Waals surface area contributed by atoms with Gasteiger partial charge >= 0.3 is 0 Å². The lowest BCUT2D eigenvalue weighted by molar-refractivity contribution is 0.709. The number of thiophene rings is 2. The first-order valence-corrected chi connectivity index (χ1v) is 6.91. The van der Waals surface area contributed by atoms with Crippen LogP contribution in [0.1, 0.15) is 11.3 Å². The first-order valence-electron chi connectivity index (χ1n) is 5.15. The molecule has 1 nitrogen and oxygen atoms in total. The second kappa shape index (κ2) is 5.86. The maximum absolute atomic E-state index is 5.19. The molecule has 0 aliphatic carbocycles. The first kappa shape index (κ1) is 11.4. The molecule has 0 aliphatic heterocycles. The van der Waals surface area contributed by atoms with Gasteiger partial charge in [0.2, 0.25) is 0 Å². The van der Waals surface area contributed by atoms with Crippen LogP contribution in [-0.4, -0.2) is 6.54 Å². The van der Waals surface area contributed by atoms with Crippen molar-refractivity contribution in [3.8, 4) is 22.8 Å². The third-order valence-electron chi connectivity index (χ3n) is 2.20. The van der Waals surface area contributed by atoms with Gasteiger partial charge in [0.15, 0.2) is 0 Å². The Balaban J connectivity index is 1.91. The van der Waals surface area contributed by atoms with Gasteiger partial charge in [-0.15, -0.1) is 35.0 Å². The third kappa shape index (κ3) is 2.96. The summed E-state index contributed by atoms with van der Waals surface area (Å²) in [6.45, 7) is 1.81. The van der Waals surface area contributed by atoms with Crippen molar-refractivity contribution in [1.82, 2.24) is 5.32 Å². The van der Waals surface area contributed by atoms with E-state index in [9.17, 15) is 0 Å². The van der Waals surface area contributed by atoms with E-state index >= 15 is 0 Å². The van der Waals surface area contributed by atoms with E-state index in [0.717, 1.165) is 19.5 Å². The maximum Gasteiger partial charge on any atom is 0.0351 e. The molecule has 0 bridgehead atoms. The minimum atomic E-state index is 0.795. The van der Waals surface area contributed by atoms with E-state index in [1.807, 2.05) is 0 Å². The highest BCUT2D eigenvalue weighted by Gasteiger charge is 2.02. The van der Waals surface area contributed by atoms with Crippen molar-refractivity contribution in [2.75, 3.05) is 6.54 Å². The van der Waals surface area contributed by atoms with Crippen molar-refractivity contribution in [3.05, 3.63) is 33.8 Å². The fraction of sp³-hybridized carbons (Fsp3) is 0.231. The molecule has 82 valence electrons. The Hall–Kier alpha value is -1.08. The molecule has 0 unspecified atom stereocenters. The summed E-state index contributed by atoms with van der Waals surface area (Å²) in [4.78, 5) is 2.70. The predicted octanol–water partition coefficient (Wildman–Crippen LogP) is 3.59. The highest BCUT2D eigenvalue weighted by Crippen LogP contribution is 2.29. The number of terminal acetylenes is 1. The van der Waals surface area contributed by atoms with Gasteiger partial charge in [-0.3, -0.25) is 0 Å². The first-order chi connectivity index (χ1) is 7.90. The molecule has 2 aromatic heterocycles. The molecule has 0 aliphatic rings. The molecule has 0 fully saturated rings. The van der Waals surface area contributed by atoms with Gasteiger partial charge in [0.05, 0.1) is 0 Å². The monoisotopic (exact) mass is 247 g/mol. The largest absolute Gasteiger partial charge is 0.311 e. The number of hydrogen-bond donors (Lipinski definition) is 1. The highest BCUT2D eigenvalue weighted by molar-refractivity contribution is 7.14. The lowest BCUT2D eigenvalue weighted by Gasteiger charge is -1.98. The van der Waals surface area contributed by atoms with Crippen LogP contribution in [0, 0.1) is 12.3 Å². The zero-order valence-electron chi connectivity index (χ0n) is 8.90. The number of rotatable bonds is 5. The van der Waals surface area contributed by atoms with Crippen LogP contribution in [0.15, 0.2) is 29.0 Å². The van der Waals surface area contributed by atoms with Crippen LogP contribution in [0.25, 0.3) is 10.4 Å². The summed E-state index contributed by atoms with van der Waals surface area (Å²) in [5, 5.41) is 7.65. The van der Waals surface area contributed by atoms with Gasteiger partial charge in [-0.05, 0) is 22.9 Å². The van der Waals surface area contributed by atoms with Crippen molar-refractivity contribution in [2.45, 2.75) is 13.0 Å². The summed E-state index contributed by atoms with van der Waals surface area (Å²) in [5.74, 6) is 2.62. The summed E-state index contributed by atoms with van der Waals surface area (Å²) in [6.07, 6.45) is 5.99. The number of hydrogen-bond acceptors (Lipinski definition) is 3. The van der Waals surface area contributed by atoms with Crippen molar-refractivity contribution in [3.63, 3.8) is 0 Å². The minimum Gasteiger partial charge on any atom is -0.311 e. The van der Waals surface area contributed by atoms with Gasteiger partial charge in [-0.25, -0.2) is 0 Å². The van der Waals surface area contributed by atoms with Gasteiger partial charge in [0.25, 0.3) is 0 Å². The second-order valence-corrected chi connectivity index (χ2v) is 5.35. The summed E-state index contributed by atoms with van der Waals surface area (Å²) in [6, 6.07) is 6.49. The van der Waals surface area contributed by atoms with Crippen molar-refractivity contribution in [2.24, 2.45) is 0 Å². The smallest absolute Gasteiger partial charge is 0.0351 e. The zero-order valence-corrected chi connectivity index (χ0v) is 10.5. The van der Waals surface area contributed by atoms with Gasteiger partial charge in [-0.1, -0.05) is 6.07 Å². The van der Waals surface area contributed by atoms with E-state index in [1.54, 1.807) is 22.7 Å². The summed E-state index contributed by atoms with van der Waals surface area (Å²) >= 11 is 3.58. The van der Waals surface area contributed by atoms with Gasteiger partial charge in [0, 0.05) is 34.8 Å². The molecule has 0 saturated heterocycles. The van der Waals surface area contributed by atoms with Gasteiger partial charge < -0.3 is 5.32 Å². The Kier molecular flexibility index (Phi) is 4.17. The predicted molar refractivity (Wildman–Crippen MR) is 72.8 cm³/mol. The molecule has 0 radical (unpaired) electrons.